The van der Waals surface area contributed by atoms with Crippen LogP contribution in [0.2, 0.25) is 0 Å². The van der Waals surface area contributed by atoms with E-state index >= 15 is 0 Å². The largest absolute Gasteiger partial charge is 0.457 e. The first-order chi connectivity index (χ1) is 8.26. The van der Waals surface area contributed by atoms with Gasteiger partial charge in [0.05, 0.1) is 0 Å². The second-order valence-corrected chi connectivity index (χ2v) is 6.12. The Bertz CT molecular complexity index is 297. The zero-order chi connectivity index (χ0) is 13.8. The van der Waals surface area contributed by atoms with E-state index in [0.29, 0.717) is 12.1 Å². The number of rotatable bonds is 3. The molecule has 1 aliphatic heterocycles. The standard InChI is InChI=1S/C14H26N2O2/c1-11-9-16(10-12(2)15-11)8-6-7-13(17)18-14(3,4)5/h6-7,11-12,15H,8-10H2,1-5H3/b7-6+. The minimum Gasteiger partial charge on any atom is -0.457 e. The monoisotopic (exact) mass is 254 g/mol. The maximum absolute atomic E-state index is 11.5. The van der Waals surface area contributed by atoms with Crippen molar-refractivity contribution in [3.8, 4) is 0 Å². The predicted octanol–water partition coefficient (Wildman–Crippen LogP) is 1.57. The highest BCUT2D eigenvalue weighted by atomic mass is 16.6. The van der Waals surface area contributed by atoms with E-state index < -0.39 is 5.60 Å². The lowest BCUT2D eigenvalue weighted by Crippen LogP contribution is -2.54. The van der Waals surface area contributed by atoms with Crippen LogP contribution in [0.5, 0.6) is 0 Å². The molecule has 1 saturated heterocycles. The van der Waals surface area contributed by atoms with Crippen molar-refractivity contribution in [2.75, 3.05) is 19.6 Å². The Morgan fingerprint density at radius 3 is 2.39 bits per heavy atom. The third-order valence-electron chi connectivity index (χ3n) is 2.66. The fourth-order valence-electron chi connectivity index (χ4n) is 2.22. The quantitative estimate of drug-likeness (QED) is 0.613. The Balaban J connectivity index is 2.33. The predicted molar refractivity (Wildman–Crippen MR) is 73.5 cm³/mol. The first-order valence-corrected chi connectivity index (χ1v) is 6.64. The lowest BCUT2D eigenvalue weighted by Gasteiger charge is -2.35. The van der Waals surface area contributed by atoms with Gasteiger partial charge in [-0.05, 0) is 34.6 Å². The number of nitrogens with one attached hydrogen (secondary N) is 1. The summed E-state index contributed by atoms with van der Waals surface area (Å²) in [5.74, 6) is -0.265. The van der Waals surface area contributed by atoms with Gasteiger partial charge in [-0.1, -0.05) is 6.08 Å². The lowest BCUT2D eigenvalue weighted by atomic mass is 10.1. The van der Waals surface area contributed by atoms with Crippen LogP contribution >= 0.6 is 0 Å². The highest BCUT2D eigenvalue weighted by molar-refractivity contribution is 5.82. The minimum atomic E-state index is -0.417. The van der Waals surface area contributed by atoms with Crippen LogP contribution in [0.25, 0.3) is 0 Å². The second-order valence-electron chi connectivity index (χ2n) is 6.12. The smallest absolute Gasteiger partial charge is 0.330 e. The molecule has 0 radical (unpaired) electrons. The average molecular weight is 254 g/mol. The van der Waals surface area contributed by atoms with Gasteiger partial charge in [-0.2, -0.15) is 0 Å². The van der Waals surface area contributed by atoms with E-state index in [9.17, 15) is 4.79 Å². The van der Waals surface area contributed by atoms with Gasteiger partial charge in [0.25, 0.3) is 0 Å². The molecule has 104 valence electrons. The number of esters is 1. The summed E-state index contributed by atoms with van der Waals surface area (Å²) in [6.45, 7) is 12.8. The molecule has 0 saturated carbocycles. The van der Waals surface area contributed by atoms with E-state index in [1.165, 1.54) is 6.08 Å². The van der Waals surface area contributed by atoms with E-state index in [1.54, 1.807) is 0 Å². The van der Waals surface area contributed by atoms with Crippen LogP contribution < -0.4 is 5.32 Å². The first-order valence-electron chi connectivity index (χ1n) is 6.64. The van der Waals surface area contributed by atoms with Gasteiger partial charge in [0.2, 0.25) is 0 Å². The fraction of sp³-hybridized carbons (Fsp3) is 0.786. The Hall–Kier alpha value is -0.870. The molecule has 0 bridgehead atoms. The topological polar surface area (TPSA) is 41.6 Å². The summed E-state index contributed by atoms with van der Waals surface area (Å²) >= 11 is 0. The maximum atomic E-state index is 11.5. The van der Waals surface area contributed by atoms with Crippen molar-refractivity contribution in [1.82, 2.24) is 10.2 Å². The van der Waals surface area contributed by atoms with Crippen molar-refractivity contribution in [1.29, 1.82) is 0 Å². The molecule has 1 rings (SSSR count). The highest BCUT2D eigenvalue weighted by Crippen LogP contribution is 2.07. The fourth-order valence-corrected chi connectivity index (χ4v) is 2.22. The van der Waals surface area contributed by atoms with Crippen LogP contribution in [0.1, 0.15) is 34.6 Å². The molecule has 0 aliphatic carbocycles. The molecule has 0 amide bonds. The molecule has 0 spiro atoms. The summed E-state index contributed by atoms with van der Waals surface area (Å²) in [6.07, 6.45) is 3.42. The normalized spacial score (nSPS) is 26.5. The molecule has 0 aromatic rings. The molecular formula is C14H26N2O2. The van der Waals surface area contributed by atoms with Crippen LogP contribution in [0.15, 0.2) is 12.2 Å². The Kier molecular flexibility index (Phi) is 5.35. The van der Waals surface area contributed by atoms with E-state index in [1.807, 2.05) is 26.8 Å². The Morgan fingerprint density at radius 2 is 1.89 bits per heavy atom. The number of ether oxygens (including phenoxy) is 1. The Morgan fingerprint density at radius 1 is 1.33 bits per heavy atom. The Labute approximate surface area is 110 Å². The molecule has 0 aromatic carbocycles. The number of nitrogens with zero attached hydrogens (tertiary/aromatic N) is 1. The van der Waals surface area contributed by atoms with Crippen molar-refractivity contribution in [3.05, 3.63) is 12.2 Å². The third kappa shape index (κ3) is 6.17. The first kappa shape index (κ1) is 15.2. The van der Waals surface area contributed by atoms with Gasteiger partial charge in [-0.15, -0.1) is 0 Å². The minimum absolute atomic E-state index is 0.265. The van der Waals surface area contributed by atoms with E-state index in [-0.39, 0.29) is 5.97 Å². The lowest BCUT2D eigenvalue weighted by molar-refractivity contribution is -0.148. The van der Waals surface area contributed by atoms with Crippen LogP contribution in [0, 0.1) is 0 Å². The van der Waals surface area contributed by atoms with Crippen molar-refractivity contribution in [3.63, 3.8) is 0 Å². The summed E-state index contributed by atoms with van der Waals surface area (Å²) in [4.78, 5) is 13.8. The van der Waals surface area contributed by atoms with Gasteiger partial charge < -0.3 is 10.1 Å². The summed E-state index contributed by atoms with van der Waals surface area (Å²) < 4.78 is 5.21. The zero-order valence-electron chi connectivity index (χ0n) is 12.2. The van der Waals surface area contributed by atoms with Gasteiger partial charge in [0.15, 0.2) is 0 Å². The third-order valence-corrected chi connectivity index (χ3v) is 2.66. The van der Waals surface area contributed by atoms with Crippen LogP contribution in [-0.2, 0) is 9.53 Å². The zero-order valence-corrected chi connectivity index (χ0v) is 12.2. The molecule has 2 atom stereocenters. The van der Waals surface area contributed by atoms with Gasteiger partial charge in [-0.3, -0.25) is 4.90 Å². The SMILES string of the molecule is CC1CN(C/C=C/C(=O)OC(C)(C)C)CC(C)N1. The van der Waals surface area contributed by atoms with Crippen molar-refractivity contribution < 1.29 is 9.53 Å². The average Bonchev–Trinajstić information content (AvgIpc) is 2.12. The molecule has 18 heavy (non-hydrogen) atoms. The van der Waals surface area contributed by atoms with Crippen LogP contribution in [0.3, 0.4) is 0 Å². The molecule has 1 aliphatic rings. The number of carbonyl (C=O) groups excluding carboxylic acids is 1. The van der Waals surface area contributed by atoms with Crippen LogP contribution in [0.4, 0.5) is 0 Å². The van der Waals surface area contributed by atoms with Gasteiger partial charge in [-0.25, -0.2) is 4.79 Å². The van der Waals surface area contributed by atoms with Gasteiger partial charge in [0.1, 0.15) is 5.60 Å². The van der Waals surface area contributed by atoms with Crippen LogP contribution in [-0.4, -0.2) is 48.2 Å². The number of hydrogen-bond acceptors (Lipinski definition) is 4. The maximum Gasteiger partial charge on any atom is 0.330 e. The summed E-state index contributed by atoms with van der Waals surface area (Å²) in [5, 5.41) is 3.48. The van der Waals surface area contributed by atoms with E-state index in [4.69, 9.17) is 4.74 Å². The number of carbonyl (C=O) groups is 1. The molecule has 4 nitrogen and oxygen atoms in total. The molecule has 0 aromatic heterocycles. The molecule has 1 N–H and O–H groups in total. The molecule has 1 fully saturated rings. The number of hydrogen-bond donors (Lipinski definition) is 1. The molecular weight excluding hydrogens is 228 g/mol. The van der Waals surface area contributed by atoms with Gasteiger partial charge >= 0.3 is 5.97 Å². The van der Waals surface area contributed by atoms with E-state index in [2.05, 4.69) is 24.1 Å². The molecule has 4 heteroatoms. The van der Waals surface area contributed by atoms with Crippen molar-refractivity contribution >= 4 is 5.97 Å². The summed E-state index contributed by atoms with van der Waals surface area (Å²) in [6, 6.07) is 1.01. The summed E-state index contributed by atoms with van der Waals surface area (Å²) in [5.41, 5.74) is -0.417. The second kappa shape index (κ2) is 6.34. The molecule has 2 unspecified atom stereocenters. The van der Waals surface area contributed by atoms with Gasteiger partial charge in [0, 0.05) is 37.8 Å². The number of piperazine rings is 1. The van der Waals surface area contributed by atoms with E-state index in [0.717, 1.165) is 19.6 Å². The van der Waals surface area contributed by atoms with Crippen molar-refractivity contribution in [2.24, 2.45) is 0 Å². The molecule has 1 heterocycles. The highest BCUT2D eigenvalue weighted by Gasteiger charge is 2.19. The van der Waals surface area contributed by atoms with Crippen molar-refractivity contribution in [2.45, 2.75) is 52.3 Å². The summed E-state index contributed by atoms with van der Waals surface area (Å²) in [7, 11) is 0.